The Balaban J connectivity index is 1.28. The van der Waals surface area contributed by atoms with Gasteiger partial charge in [-0.25, -0.2) is 0 Å². The first kappa shape index (κ1) is 55.0. The molecule has 0 spiro atoms. The minimum atomic E-state index is -5.42. The van der Waals surface area contributed by atoms with Crippen LogP contribution in [0, 0.1) is 0 Å². The van der Waals surface area contributed by atoms with Gasteiger partial charge < -0.3 is 20.1 Å². The van der Waals surface area contributed by atoms with Crippen molar-refractivity contribution in [3.05, 3.63) is 136 Å². The van der Waals surface area contributed by atoms with Crippen LogP contribution >= 0.6 is 46.4 Å². The van der Waals surface area contributed by atoms with Crippen LogP contribution < -0.4 is 31.0 Å². The second-order valence-electron chi connectivity index (χ2n) is 15.0. The molecule has 0 fully saturated rings. The number of nitrogens with one attached hydrogen (secondary N) is 4. The van der Waals surface area contributed by atoms with Gasteiger partial charge in [0.25, 0.3) is 52.3 Å². The molecule has 2 amide bonds. The van der Waals surface area contributed by atoms with E-state index in [4.69, 9.17) is 55.9 Å². The van der Waals surface area contributed by atoms with Crippen molar-refractivity contribution in [2.24, 2.45) is 10.2 Å². The van der Waals surface area contributed by atoms with Crippen LogP contribution in [-0.2, 0) is 40.5 Å². The Bertz CT molecular complexity index is 3960. The summed E-state index contributed by atoms with van der Waals surface area (Å²) < 4.78 is 151. The second-order valence-corrected chi connectivity index (χ2v) is 22.2. The Morgan fingerprint density at radius 3 is 1.35 bits per heavy atom. The zero-order valence-electron chi connectivity index (χ0n) is 36.6. The van der Waals surface area contributed by atoms with E-state index in [-0.39, 0.29) is 54.1 Å². The van der Waals surface area contributed by atoms with Crippen molar-refractivity contribution in [2.45, 2.75) is 9.79 Å². The number of rotatable bonds is 14. The fraction of sp³-hybridized carbons (Fsp3) is 0.0476. The van der Waals surface area contributed by atoms with Gasteiger partial charge in [-0.15, -0.1) is 0 Å². The predicted octanol–water partition coefficient (Wildman–Crippen LogP) is 7.10. The number of ketones is 2. The molecule has 8 N–H and O–H groups in total. The van der Waals surface area contributed by atoms with Gasteiger partial charge in [0, 0.05) is 17.2 Å². The molecule has 0 heterocycles. The lowest BCUT2D eigenvalue weighted by molar-refractivity contribution is 0.101. The van der Waals surface area contributed by atoms with Gasteiger partial charge in [0.1, 0.15) is 32.7 Å². The van der Waals surface area contributed by atoms with E-state index in [1.165, 1.54) is 36.4 Å². The van der Waals surface area contributed by atoms with Crippen LogP contribution in [0.4, 0.5) is 22.7 Å². The van der Waals surface area contributed by atoms with Gasteiger partial charge in [-0.1, -0.05) is 52.5 Å². The van der Waals surface area contributed by atoms with Gasteiger partial charge in [0.05, 0.1) is 72.7 Å². The predicted molar refractivity (Wildman–Crippen MR) is 271 cm³/mol. The van der Waals surface area contributed by atoms with Crippen LogP contribution in [0.5, 0.6) is 11.5 Å². The number of nitrogens with zero attached hydrogens (tertiary/aromatic N) is 2. The molecule has 386 valence electrons. The lowest BCUT2D eigenvalue weighted by atomic mass is 9.92. The first-order valence-corrected chi connectivity index (χ1v) is 26.9. The van der Waals surface area contributed by atoms with Crippen LogP contribution in [0.15, 0.2) is 103 Å². The SMILES string of the molecule is COc1cc(N/N=C2\C(=O)c3c(cc(S(=O)(=O)O)cc3NC(=O)c3cccc(Cl)c3Cl)C=C2S(=O)(=O)O)c(OC)cc1N/N=C1\C(=O)c2c(cc(S(=O)(=O)O)cc2NC(=O)c2ccc(Cl)cc2Cl)C=C1S(=O)(=O)O. The molecule has 0 saturated heterocycles. The molecule has 0 aromatic heterocycles. The molecule has 32 heteroatoms. The average molecular weight is 1170 g/mol. The van der Waals surface area contributed by atoms with Gasteiger partial charge in [-0.2, -0.15) is 43.9 Å². The minimum absolute atomic E-state index is 0.0652. The van der Waals surface area contributed by atoms with E-state index >= 15 is 0 Å². The van der Waals surface area contributed by atoms with Crippen LogP contribution in [0.3, 0.4) is 0 Å². The molecule has 2 aliphatic rings. The summed E-state index contributed by atoms with van der Waals surface area (Å²) in [5, 5.41) is 12.0. The molecular weight excluding hydrogens is 1150 g/mol. The highest BCUT2D eigenvalue weighted by atomic mass is 35.5. The third-order valence-electron chi connectivity index (χ3n) is 10.3. The summed E-state index contributed by atoms with van der Waals surface area (Å²) in [6.07, 6.45) is 1.24. The number of fused-ring (bicyclic) bond motifs is 2. The standard InChI is InChI=1S/C42H28Cl4N6O18S4/c1-69-30-16-27(50-52-38-33(74(66,67)68)11-18-9-21(72(60,61)62)14-29(35(18)40(38)54)48-42(56)23-4-3-5-24(44)36(23)46)31(70-2)15-26(30)49-51-37-32(73(63,64)65)10-17-8-20(71(57,58)59)13-28(34(17)39(37)53)47-41(55)22-7-6-19(43)12-25(22)45/h3-16,49-50H,1-2H3,(H,47,55)(H,48,56)(H,57,58,59)(H,60,61,62)(H,63,64,65)(H,66,67,68)/b51-37-,52-38-. The number of Topliss-reactive ketones (excluding diaryl/α,β-unsaturated/α-hetero) is 2. The highest BCUT2D eigenvalue weighted by Crippen LogP contribution is 2.40. The number of halogens is 4. The van der Waals surface area contributed by atoms with Crippen LogP contribution in [0.25, 0.3) is 12.2 Å². The van der Waals surface area contributed by atoms with Gasteiger partial charge in [0.15, 0.2) is 11.4 Å². The average Bonchev–Trinajstić information content (AvgIpc) is 3.29. The van der Waals surface area contributed by atoms with Gasteiger partial charge in [0.2, 0.25) is 11.6 Å². The van der Waals surface area contributed by atoms with E-state index < -0.39 is 129 Å². The Morgan fingerprint density at radius 1 is 0.527 bits per heavy atom. The molecule has 0 saturated carbocycles. The molecule has 74 heavy (non-hydrogen) atoms. The van der Waals surface area contributed by atoms with Gasteiger partial charge in [-0.05, 0) is 77.9 Å². The summed E-state index contributed by atoms with van der Waals surface area (Å²) >= 11 is 24.3. The van der Waals surface area contributed by atoms with Crippen molar-refractivity contribution in [3.63, 3.8) is 0 Å². The Labute approximate surface area is 437 Å². The number of carbonyl (C=O) groups excluding carboxylic acids is 4. The fourth-order valence-electron chi connectivity index (χ4n) is 7.03. The van der Waals surface area contributed by atoms with Gasteiger partial charge >= 0.3 is 0 Å². The number of carbonyl (C=O) groups is 4. The summed E-state index contributed by atoms with van der Waals surface area (Å²) in [5.41, 5.74) is -1.87. The molecule has 0 radical (unpaired) electrons. The summed E-state index contributed by atoms with van der Waals surface area (Å²) in [7, 11) is -18.9. The number of allylic oxidation sites excluding steroid dienone is 2. The quantitative estimate of drug-likeness (QED) is 0.0406. The molecule has 0 atom stereocenters. The number of benzene rings is 5. The zero-order valence-corrected chi connectivity index (χ0v) is 42.9. The molecule has 0 aliphatic heterocycles. The van der Waals surface area contributed by atoms with E-state index in [2.05, 4.69) is 31.7 Å². The Morgan fingerprint density at radius 2 is 0.959 bits per heavy atom. The molecule has 0 unspecified atom stereocenters. The van der Waals surface area contributed by atoms with Gasteiger partial charge in [-0.3, -0.25) is 48.2 Å². The number of methoxy groups -OCH3 is 2. The van der Waals surface area contributed by atoms with Crippen LogP contribution in [0.2, 0.25) is 20.1 Å². The maximum atomic E-state index is 14.3. The zero-order chi connectivity index (χ0) is 54.6. The normalized spacial score (nSPS) is 14.9. The topological polar surface area (TPSA) is 377 Å². The van der Waals surface area contributed by atoms with Crippen molar-refractivity contribution in [2.75, 3.05) is 35.7 Å². The first-order chi connectivity index (χ1) is 34.4. The summed E-state index contributed by atoms with van der Waals surface area (Å²) in [4.78, 5) is 51.1. The number of hydrogen-bond acceptors (Lipinski definition) is 18. The number of ether oxygens (including phenoxy) is 2. The minimum Gasteiger partial charge on any atom is -0.494 e. The molecule has 5 aromatic carbocycles. The van der Waals surface area contributed by atoms with E-state index in [9.17, 15) is 71.1 Å². The van der Waals surface area contributed by atoms with Crippen molar-refractivity contribution in [1.82, 2.24) is 0 Å². The second kappa shape index (κ2) is 20.5. The molecule has 24 nitrogen and oxygen atoms in total. The van der Waals surface area contributed by atoms with E-state index in [0.717, 1.165) is 26.4 Å². The van der Waals surface area contributed by atoms with Crippen LogP contribution in [-0.4, -0.2) is 101 Å². The lowest BCUT2D eigenvalue weighted by Crippen LogP contribution is -2.29. The van der Waals surface area contributed by atoms with Crippen molar-refractivity contribution in [3.8, 4) is 11.5 Å². The lowest BCUT2D eigenvalue weighted by Gasteiger charge is -2.21. The third kappa shape index (κ3) is 11.3. The number of hydrogen-bond donors (Lipinski definition) is 8. The van der Waals surface area contributed by atoms with E-state index in [0.29, 0.717) is 36.4 Å². The maximum Gasteiger partial charge on any atom is 0.296 e. The largest absolute Gasteiger partial charge is 0.494 e. The molecule has 5 aromatic rings. The van der Waals surface area contributed by atoms with Crippen molar-refractivity contribution >= 4 is 157 Å². The highest BCUT2D eigenvalue weighted by Gasteiger charge is 2.38. The highest BCUT2D eigenvalue weighted by molar-refractivity contribution is 7.91. The summed E-state index contributed by atoms with van der Waals surface area (Å²) in [6.45, 7) is 0. The molecule has 0 bridgehead atoms. The molecule has 7 rings (SSSR count). The Kier molecular flexibility index (Phi) is 15.2. The number of hydrazone groups is 2. The number of amides is 2. The number of anilines is 4. The van der Waals surface area contributed by atoms with Crippen LogP contribution in [0.1, 0.15) is 52.6 Å². The smallest absolute Gasteiger partial charge is 0.296 e. The first-order valence-electron chi connectivity index (χ1n) is 19.7. The third-order valence-corrected chi connectivity index (χ3v) is 15.1. The van der Waals surface area contributed by atoms with E-state index in [1.54, 1.807) is 0 Å². The fourth-order valence-corrected chi connectivity index (χ4v) is 10.3. The van der Waals surface area contributed by atoms with E-state index in [1.807, 2.05) is 0 Å². The summed E-state index contributed by atoms with van der Waals surface area (Å²) in [5.74, 6) is -5.33. The monoisotopic (exact) mass is 1170 g/mol. The van der Waals surface area contributed by atoms with Crippen molar-refractivity contribution in [1.29, 1.82) is 0 Å². The maximum absolute atomic E-state index is 14.3. The van der Waals surface area contributed by atoms with Crippen molar-refractivity contribution < 1.29 is 80.5 Å². The molecule has 2 aliphatic carbocycles. The summed E-state index contributed by atoms with van der Waals surface area (Å²) in [6, 6.07) is 12.5. The molecular formula is C42H28Cl4N6O18S4. The Hall–Kier alpha value is -6.80.